The number of sulfonamides is 1. The van der Waals surface area contributed by atoms with Crippen molar-refractivity contribution in [2.24, 2.45) is 5.41 Å². The van der Waals surface area contributed by atoms with E-state index in [1.54, 1.807) is 25.1 Å². The molecule has 1 unspecified atom stereocenters. The molecule has 146 valence electrons. The van der Waals surface area contributed by atoms with Gasteiger partial charge in [-0.25, -0.2) is 12.8 Å². The van der Waals surface area contributed by atoms with Crippen LogP contribution in [0.15, 0.2) is 40.6 Å². The molecule has 2 heterocycles. The molecule has 9 heteroatoms. The largest absolute Gasteiger partial charge is 0.352 e. The van der Waals surface area contributed by atoms with Gasteiger partial charge in [0.05, 0.1) is 9.75 Å². The lowest BCUT2D eigenvalue weighted by atomic mass is 9.82. The Bertz CT molecular complexity index is 948. The number of nitrogens with zero attached hydrogens (tertiary/aromatic N) is 1. The zero-order chi connectivity index (χ0) is 19.7. The van der Waals surface area contributed by atoms with Gasteiger partial charge in [-0.2, -0.15) is 4.31 Å². The number of carbonyl (C=O) groups excluding carboxylic acids is 1. The monoisotopic (exact) mass is 430 g/mol. The van der Waals surface area contributed by atoms with Crippen LogP contribution in [-0.2, 0) is 21.4 Å². The van der Waals surface area contributed by atoms with Crippen molar-refractivity contribution in [1.29, 1.82) is 0 Å². The molecule has 1 aliphatic rings. The second-order valence-electron chi connectivity index (χ2n) is 6.87. The molecular formula is C18H20ClFN2O3S2. The number of amides is 1. The smallest absolute Gasteiger partial charge is 0.252 e. The Hall–Kier alpha value is -1.48. The van der Waals surface area contributed by atoms with Gasteiger partial charge < -0.3 is 5.32 Å². The molecule has 0 radical (unpaired) electrons. The van der Waals surface area contributed by atoms with Crippen molar-refractivity contribution in [1.82, 2.24) is 9.62 Å². The highest BCUT2D eigenvalue weighted by molar-refractivity contribution is 7.91. The molecule has 1 aromatic heterocycles. The molecule has 2 aromatic rings. The maximum absolute atomic E-state index is 13.3. The van der Waals surface area contributed by atoms with Gasteiger partial charge in [0, 0.05) is 19.6 Å². The Morgan fingerprint density at radius 2 is 2.15 bits per heavy atom. The maximum atomic E-state index is 13.3. The van der Waals surface area contributed by atoms with Crippen molar-refractivity contribution >= 4 is 38.9 Å². The molecule has 5 nitrogen and oxygen atoms in total. The van der Waals surface area contributed by atoms with Crippen molar-refractivity contribution in [3.63, 3.8) is 0 Å². The van der Waals surface area contributed by atoms with Crippen molar-refractivity contribution < 1.29 is 17.6 Å². The quantitative estimate of drug-likeness (QED) is 0.787. The van der Waals surface area contributed by atoms with Crippen LogP contribution in [0.5, 0.6) is 0 Å². The molecule has 1 amide bonds. The minimum Gasteiger partial charge on any atom is -0.352 e. The number of halogens is 2. The first kappa shape index (κ1) is 20.3. The first-order chi connectivity index (χ1) is 12.7. The number of benzene rings is 1. The number of nitrogens with one attached hydrogen (secondary N) is 1. The predicted molar refractivity (Wildman–Crippen MR) is 104 cm³/mol. The van der Waals surface area contributed by atoms with Gasteiger partial charge in [0.15, 0.2) is 0 Å². The highest BCUT2D eigenvalue weighted by Crippen LogP contribution is 2.35. The lowest BCUT2D eigenvalue weighted by Gasteiger charge is -2.38. The molecule has 1 saturated heterocycles. The van der Waals surface area contributed by atoms with Crippen LogP contribution < -0.4 is 5.32 Å². The predicted octanol–water partition coefficient (Wildman–Crippen LogP) is 3.65. The Morgan fingerprint density at radius 1 is 1.37 bits per heavy atom. The van der Waals surface area contributed by atoms with Crippen molar-refractivity contribution in [3.8, 4) is 0 Å². The Morgan fingerprint density at radius 3 is 2.81 bits per heavy atom. The zero-order valence-electron chi connectivity index (χ0n) is 14.7. The number of piperidine rings is 1. The average Bonchev–Trinajstić information content (AvgIpc) is 3.07. The van der Waals surface area contributed by atoms with E-state index >= 15 is 0 Å². The van der Waals surface area contributed by atoms with Gasteiger partial charge in [0.25, 0.3) is 10.0 Å². The van der Waals surface area contributed by atoms with Crippen LogP contribution in [0.2, 0.25) is 4.34 Å². The summed E-state index contributed by atoms with van der Waals surface area (Å²) in [5.74, 6) is -0.603. The molecule has 1 atom stereocenters. The van der Waals surface area contributed by atoms with E-state index in [0.29, 0.717) is 29.3 Å². The van der Waals surface area contributed by atoms with Gasteiger partial charge in [0.2, 0.25) is 5.91 Å². The van der Waals surface area contributed by atoms with E-state index in [-0.39, 0.29) is 29.0 Å². The molecule has 1 fully saturated rings. The van der Waals surface area contributed by atoms with Gasteiger partial charge >= 0.3 is 0 Å². The fourth-order valence-electron chi connectivity index (χ4n) is 3.19. The highest BCUT2D eigenvalue weighted by atomic mass is 35.5. The van der Waals surface area contributed by atoms with E-state index in [9.17, 15) is 17.6 Å². The Balaban J connectivity index is 1.70. The highest BCUT2D eigenvalue weighted by Gasteiger charge is 2.42. The Labute approximate surface area is 167 Å². The SMILES string of the molecule is CC1(C(=O)NCc2cccc(F)c2)CCCN(S(=O)(=O)c2ccc(Cl)s2)C1. The molecule has 1 aliphatic heterocycles. The molecule has 0 bridgehead atoms. The summed E-state index contributed by atoms with van der Waals surface area (Å²) in [7, 11) is -3.68. The minimum absolute atomic E-state index is 0.0971. The van der Waals surface area contributed by atoms with E-state index < -0.39 is 15.4 Å². The second-order valence-corrected chi connectivity index (χ2v) is 10.8. The van der Waals surface area contributed by atoms with Gasteiger partial charge in [-0.05, 0) is 49.6 Å². The fraction of sp³-hybridized carbons (Fsp3) is 0.389. The summed E-state index contributed by atoms with van der Waals surface area (Å²) in [6.07, 6.45) is 1.17. The molecule has 3 rings (SSSR count). The summed E-state index contributed by atoms with van der Waals surface area (Å²) in [4.78, 5) is 12.7. The summed E-state index contributed by atoms with van der Waals surface area (Å²) in [6.45, 7) is 2.42. The number of hydrogen-bond acceptors (Lipinski definition) is 4. The van der Waals surface area contributed by atoms with Gasteiger partial charge in [-0.3, -0.25) is 4.79 Å². The van der Waals surface area contributed by atoms with E-state index in [0.717, 1.165) is 11.3 Å². The average molecular weight is 431 g/mol. The van der Waals surface area contributed by atoms with E-state index in [1.165, 1.54) is 22.5 Å². The van der Waals surface area contributed by atoms with Crippen LogP contribution in [-0.4, -0.2) is 31.7 Å². The molecule has 0 spiro atoms. The van der Waals surface area contributed by atoms with Gasteiger partial charge in [-0.1, -0.05) is 23.7 Å². The van der Waals surface area contributed by atoms with E-state index in [1.807, 2.05) is 0 Å². The molecule has 1 N–H and O–H groups in total. The third-order valence-electron chi connectivity index (χ3n) is 4.69. The number of carbonyl (C=O) groups is 1. The van der Waals surface area contributed by atoms with E-state index in [4.69, 9.17) is 11.6 Å². The van der Waals surface area contributed by atoms with Crippen LogP contribution in [0, 0.1) is 11.2 Å². The van der Waals surface area contributed by atoms with Crippen LogP contribution in [0.4, 0.5) is 4.39 Å². The topological polar surface area (TPSA) is 66.5 Å². The van der Waals surface area contributed by atoms with Gasteiger partial charge in [-0.15, -0.1) is 11.3 Å². The summed E-state index contributed by atoms with van der Waals surface area (Å²) >= 11 is 6.87. The fourth-order valence-corrected chi connectivity index (χ4v) is 6.43. The first-order valence-corrected chi connectivity index (χ1v) is 11.1. The lowest BCUT2D eigenvalue weighted by molar-refractivity contribution is -0.132. The number of hydrogen-bond donors (Lipinski definition) is 1. The first-order valence-electron chi connectivity index (χ1n) is 8.49. The number of rotatable bonds is 5. The van der Waals surface area contributed by atoms with Crippen molar-refractivity contribution in [2.75, 3.05) is 13.1 Å². The van der Waals surface area contributed by atoms with E-state index in [2.05, 4.69) is 5.32 Å². The number of thiophene rings is 1. The summed E-state index contributed by atoms with van der Waals surface area (Å²) in [6, 6.07) is 9.05. The summed E-state index contributed by atoms with van der Waals surface area (Å²) < 4.78 is 40.9. The summed E-state index contributed by atoms with van der Waals surface area (Å²) in [5, 5.41) is 2.81. The van der Waals surface area contributed by atoms with Crippen LogP contribution in [0.1, 0.15) is 25.3 Å². The minimum atomic E-state index is -3.68. The van der Waals surface area contributed by atoms with Crippen LogP contribution in [0.25, 0.3) is 0 Å². The molecular weight excluding hydrogens is 411 g/mol. The van der Waals surface area contributed by atoms with Gasteiger partial charge in [0.1, 0.15) is 10.0 Å². The van der Waals surface area contributed by atoms with Crippen molar-refractivity contribution in [3.05, 3.63) is 52.1 Å². The normalized spacial score (nSPS) is 21.1. The second kappa shape index (κ2) is 7.87. The molecule has 0 aliphatic carbocycles. The maximum Gasteiger partial charge on any atom is 0.252 e. The zero-order valence-corrected chi connectivity index (χ0v) is 17.1. The van der Waals surface area contributed by atoms with Crippen molar-refractivity contribution in [2.45, 2.75) is 30.5 Å². The molecule has 27 heavy (non-hydrogen) atoms. The molecule has 0 saturated carbocycles. The summed E-state index contributed by atoms with van der Waals surface area (Å²) in [5.41, 5.74) is -0.194. The molecule has 1 aromatic carbocycles. The van der Waals surface area contributed by atoms with Crippen LogP contribution in [0.3, 0.4) is 0 Å². The third-order valence-corrected chi connectivity index (χ3v) is 8.24. The third kappa shape index (κ3) is 4.51. The standard InChI is InChI=1S/C18H20ClFN2O3S2/c1-18(17(23)21-11-13-4-2-5-14(20)10-13)8-3-9-22(12-18)27(24,25)16-7-6-15(19)26-16/h2,4-7,10H,3,8-9,11-12H2,1H3,(H,21,23). The lowest BCUT2D eigenvalue weighted by Crippen LogP contribution is -2.51. The Kier molecular flexibility index (Phi) is 5.90. The van der Waals surface area contributed by atoms with Crippen LogP contribution >= 0.6 is 22.9 Å².